The van der Waals surface area contributed by atoms with Gasteiger partial charge in [-0.2, -0.15) is 0 Å². The second kappa shape index (κ2) is 14.9. The maximum absolute atomic E-state index is 2.55. The van der Waals surface area contributed by atoms with Gasteiger partial charge in [-0.3, -0.25) is 0 Å². The largest absolute Gasteiger partial charge is 0.310 e. The molecular weight excluding hydrogens is 831 g/mol. The zero-order valence-electron chi connectivity index (χ0n) is 40.1. The number of benzene rings is 9. The number of rotatable bonds is 7. The van der Waals surface area contributed by atoms with E-state index in [1.807, 2.05) is 0 Å². The summed E-state index contributed by atoms with van der Waals surface area (Å²) >= 11 is 0. The lowest BCUT2D eigenvalue weighted by atomic mass is 9.67. The molecule has 1 nitrogen and oxygen atoms in total. The number of fused-ring (bicyclic) bond motifs is 11. The van der Waals surface area contributed by atoms with Gasteiger partial charge in [0.15, 0.2) is 0 Å². The summed E-state index contributed by atoms with van der Waals surface area (Å²) in [5.74, 6) is 2.43. The normalized spacial score (nSPS) is 19.9. The molecule has 3 atom stereocenters. The van der Waals surface area contributed by atoms with Crippen LogP contribution < -0.4 is 4.90 Å². The van der Waals surface area contributed by atoms with E-state index in [-0.39, 0.29) is 10.8 Å². The van der Waals surface area contributed by atoms with Crippen molar-refractivity contribution in [3.05, 3.63) is 256 Å². The van der Waals surface area contributed by atoms with E-state index in [0.29, 0.717) is 5.92 Å². The average molecular weight is 888 g/mol. The molecule has 0 heterocycles. The van der Waals surface area contributed by atoms with Crippen LogP contribution in [0.3, 0.4) is 0 Å². The maximum atomic E-state index is 2.55. The van der Waals surface area contributed by atoms with Gasteiger partial charge in [-0.15, -0.1) is 0 Å². The van der Waals surface area contributed by atoms with Crippen LogP contribution in [0.5, 0.6) is 0 Å². The fourth-order valence-electron chi connectivity index (χ4n) is 14.7. The average Bonchev–Trinajstić information content (AvgIpc) is 4.20. The molecule has 9 aromatic carbocycles. The minimum absolute atomic E-state index is 0.0231. The van der Waals surface area contributed by atoms with Crippen molar-refractivity contribution in [1.82, 2.24) is 0 Å². The van der Waals surface area contributed by atoms with E-state index in [1.165, 1.54) is 137 Å². The van der Waals surface area contributed by atoms with Crippen molar-refractivity contribution in [3.63, 3.8) is 0 Å². The first-order valence-corrected chi connectivity index (χ1v) is 25.5. The quantitative estimate of drug-likeness (QED) is 0.154. The van der Waals surface area contributed by atoms with Gasteiger partial charge in [-0.25, -0.2) is 0 Å². The van der Waals surface area contributed by atoms with Gasteiger partial charge in [0.25, 0.3) is 0 Å². The summed E-state index contributed by atoms with van der Waals surface area (Å²) < 4.78 is 0. The number of nitrogens with zero attached hydrogens (tertiary/aromatic N) is 1. The maximum Gasteiger partial charge on any atom is 0.0714 e. The van der Waals surface area contributed by atoms with Crippen molar-refractivity contribution in [3.8, 4) is 44.5 Å². The predicted molar refractivity (Wildman–Crippen MR) is 287 cm³/mol. The lowest BCUT2D eigenvalue weighted by Crippen LogP contribution is -2.28. The van der Waals surface area contributed by atoms with Gasteiger partial charge in [-0.1, -0.05) is 198 Å². The third kappa shape index (κ3) is 5.77. The second-order valence-corrected chi connectivity index (χ2v) is 22.0. The molecule has 5 aliphatic carbocycles. The standard InChI is InChI=1S/C68H57N/c1-66(2)60-24-13-11-21-54(60)59-40-46(30-37-61(59)66)52-22-15-23-57-56-36-34-50(41-63(56)67(3,4)65(52)57)69(49-31-28-44(29-32-49)58-39-43-26-27-45(58)38-43)51-33-35-55-53-20-12-14-25-62(53)68(64(55)42-51,47-16-7-5-8-17-47)48-18-9-6-10-19-48/h5-25,28-37,40-43,45,58H,26-27,38-39H2,1-4H3. The Morgan fingerprint density at radius 1 is 0.377 bits per heavy atom. The Morgan fingerprint density at radius 2 is 0.928 bits per heavy atom. The first kappa shape index (κ1) is 40.8. The minimum atomic E-state index is -0.491. The van der Waals surface area contributed by atoms with Crippen LogP contribution in [0.25, 0.3) is 44.5 Å². The van der Waals surface area contributed by atoms with Crippen molar-refractivity contribution in [2.24, 2.45) is 11.8 Å². The third-order valence-corrected chi connectivity index (χ3v) is 17.8. The van der Waals surface area contributed by atoms with E-state index in [1.54, 1.807) is 0 Å². The zero-order chi connectivity index (χ0) is 46.2. The van der Waals surface area contributed by atoms with Crippen LogP contribution in [0, 0.1) is 11.8 Å². The van der Waals surface area contributed by atoms with Crippen molar-refractivity contribution in [2.45, 2.75) is 75.5 Å². The molecule has 9 aromatic rings. The fourth-order valence-corrected chi connectivity index (χ4v) is 14.7. The minimum Gasteiger partial charge on any atom is -0.310 e. The molecule has 0 aromatic heterocycles. The van der Waals surface area contributed by atoms with Crippen LogP contribution in [0.2, 0.25) is 0 Å². The van der Waals surface area contributed by atoms with Crippen LogP contribution >= 0.6 is 0 Å². The number of hydrogen-bond donors (Lipinski definition) is 0. The highest BCUT2D eigenvalue weighted by Crippen LogP contribution is 2.59. The lowest BCUT2D eigenvalue weighted by molar-refractivity contribution is 0.420. The molecule has 5 aliphatic rings. The number of anilines is 3. The molecule has 0 radical (unpaired) electrons. The van der Waals surface area contributed by atoms with Gasteiger partial charge in [0, 0.05) is 27.9 Å². The van der Waals surface area contributed by atoms with Crippen molar-refractivity contribution >= 4 is 17.1 Å². The highest BCUT2D eigenvalue weighted by Gasteiger charge is 2.47. The molecular formula is C68H57N. The summed E-state index contributed by atoms with van der Waals surface area (Å²) in [5, 5.41) is 0. The molecule has 2 fully saturated rings. The monoisotopic (exact) mass is 887 g/mol. The Morgan fingerprint density at radius 3 is 1.59 bits per heavy atom. The SMILES string of the molecule is CC1(C)c2ccccc2-c2cc(-c3cccc4c3C(C)(C)c3cc(N(c5ccc(C6CC7CCC6C7)cc5)c5ccc6c(c5)C(c5ccccc5)(c5ccccc5)c5ccccc5-6)ccc3-4)ccc21. The summed E-state index contributed by atoms with van der Waals surface area (Å²) in [6.07, 6.45) is 5.56. The summed E-state index contributed by atoms with van der Waals surface area (Å²) in [6.45, 7) is 9.64. The van der Waals surface area contributed by atoms with Crippen LogP contribution in [0.1, 0.15) is 109 Å². The van der Waals surface area contributed by atoms with Gasteiger partial charge in [-0.05, 0) is 174 Å². The van der Waals surface area contributed by atoms with Crippen LogP contribution in [-0.2, 0) is 16.2 Å². The van der Waals surface area contributed by atoms with E-state index in [2.05, 4.69) is 239 Å². The van der Waals surface area contributed by atoms with Gasteiger partial charge in [0.05, 0.1) is 5.41 Å². The van der Waals surface area contributed by atoms with E-state index in [4.69, 9.17) is 0 Å². The fraction of sp³-hybridized carbons (Fsp3) is 0.206. The summed E-state index contributed by atoms with van der Waals surface area (Å²) in [5.41, 5.74) is 25.7. The van der Waals surface area contributed by atoms with Gasteiger partial charge in [0.1, 0.15) is 0 Å². The molecule has 2 saturated carbocycles. The van der Waals surface area contributed by atoms with E-state index < -0.39 is 5.41 Å². The molecule has 1 heteroatoms. The molecule has 3 unspecified atom stereocenters. The predicted octanol–water partition coefficient (Wildman–Crippen LogP) is 17.7. The lowest BCUT2D eigenvalue weighted by Gasteiger charge is -2.35. The van der Waals surface area contributed by atoms with E-state index >= 15 is 0 Å². The van der Waals surface area contributed by atoms with E-state index in [9.17, 15) is 0 Å². The molecule has 14 rings (SSSR count). The molecule has 0 spiro atoms. The molecule has 0 N–H and O–H groups in total. The van der Waals surface area contributed by atoms with Crippen molar-refractivity contribution < 1.29 is 0 Å². The van der Waals surface area contributed by atoms with Crippen molar-refractivity contribution in [2.75, 3.05) is 4.90 Å². The first-order valence-electron chi connectivity index (χ1n) is 25.5. The highest BCUT2D eigenvalue weighted by molar-refractivity contribution is 5.94. The highest BCUT2D eigenvalue weighted by atomic mass is 15.1. The first-order chi connectivity index (χ1) is 33.7. The smallest absolute Gasteiger partial charge is 0.0714 e. The molecule has 69 heavy (non-hydrogen) atoms. The Balaban J connectivity index is 0.933. The molecule has 2 bridgehead atoms. The van der Waals surface area contributed by atoms with Crippen LogP contribution in [-0.4, -0.2) is 0 Å². The molecule has 334 valence electrons. The molecule has 0 saturated heterocycles. The van der Waals surface area contributed by atoms with Gasteiger partial charge >= 0.3 is 0 Å². The van der Waals surface area contributed by atoms with E-state index in [0.717, 1.165) is 11.8 Å². The van der Waals surface area contributed by atoms with Gasteiger partial charge < -0.3 is 4.90 Å². The zero-order valence-corrected chi connectivity index (χ0v) is 40.1. The molecule has 0 amide bonds. The van der Waals surface area contributed by atoms with Crippen LogP contribution in [0.15, 0.2) is 206 Å². The van der Waals surface area contributed by atoms with Crippen molar-refractivity contribution in [1.29, 1.82) is 0 Å². The molecule has 0 aliphatic heterocycles. The third-order valence-electron chi connectivity index (χ3n) is 17.8. The Labute approximate surface area is 408 Å². The summed E-state index contributed by atoms with van der Waals surface area (Å²) in [7, 11) is 0. The van der Waals surface area contributed by atoms with Gasteiger partial charge in [0.2, 0.25) is 0 Å². The van der Waals surface area contributed by atoms with Crippen LogP contribution in [0.4, 0.5) is 17.1 Å². The number of hydrogen-bond acceptors (Lipinski definition) is 1. The Hall–Kier alpha value is -7.22. The summed E-state index contributed by atoms with van der Waals surface area (Å²) in [4.78, 5) is 2.55. The topological polar surface area (TPSA) is 3.24 Å². The second-order valence-electron chi connectivity index (χ2n) is 22.0. The summed E-state index contributed by atoms with van der Waals surface area (Å²) in [6, 6.07) is 79.2. The Bertz CT molecular complexity index is 3480. The Kier molecular flexibility index (Phi) is 8.81.